The van der Waals surface area contributed by atoms with Crippen LogP contribution in [0.1, 0.15) is 37.9 Å². The van der Waals surface area contributed by atoms with Gasteiger partial charge in [0.1, 0.15) is 5.75 Å². The Balaban J connectivity index is 2.65. The van der Waals surface area contributed by atoms with Gasteiger partial charge < -0.3 is 19.5 Å². The minimum atomic E-state index is -0.205. The van der Waals surface area contributed by atoms with Crippen LogP contribution in [-0.4, -0.2) is 33.2 Å². The van der Waals surface area contributed by atoms with Gasteiger partial charge in [-0.1, -0.05) is 17.7 Å². The van der Waals surface area contributed by atoms with Gasteiger partial charge in [-0.05, 0) is 33.8 Å². The van der Waals surface area contributed by atoms with Crippen LogP contribution in [0.25, 0.3) is 0 Å². The van der Waals surface area contributed by atoms with Gasteiger partial charge in [0, 0.05) is 31.4 Å². The number of methoxy groups -OCH3 is 1. The monoisotopic (exact) mass is 281 g/mol. The van der Waals surface area contributed by atoms with Gasteiger partial charge in [-0.25, -0.2) is 0 Å². The molecule has 0 bridgehead atoms. The summed E-state index contributed by atoms with van der Waals surface area (Å²) in [6.45, 7) is 10.1. The van der Waals surface area contributed by atoms with Crippen LogP contribution in [0.2, 0.25) is 0 Å². The molecule has 1 atom stereocenters. The molecule has 1 unspecified atom stereocenters. The molecule has 0 aromatic heterocycles. The molecule has 0 saturated heterocycles. The molecule has 1 aromatic carbocycles. The fourth-order valence-corrected chi connectivity index (χ4v) is 2.11. The van der Waals surface area contributed by atoms with Crippen LogP contribution in [0, 0.1) is 6.92 Å². The summed E-state index contributed by atoms with van der Waals surface area (Å²) in [4.78, 5) is 0. The topological polar surface area (TPSA) is 39.7 Å². The lowest BCUT2D eigenvalue weighted by Gasteiger charge is -2.22. The van der Waals surface area contributed by atoms with E-state index in [1.807, 2.05) is 19.9 Å². The molecule has 1 N–H and O–H groups in total. The Morgan fingerprint density at radius 3 is 2.35 bits per heavy atom. The van der Waals surface area contributed by atoms with Crippen LogP contribution in [0.5, 0.6) is 5.75 Å². The van der Waals surface area contributed by atoms with Crippen molar-refractivity contribution < 1.29 is 14.2 Å². The highest BCUT2D eigenvalue weighted by Crippen LogP contribution is 2.26. The van der Waals surface area contributed by atoms with Crippen molar-refractivity contribution in [2.45, 2.75) is 40.0 Å². The molecule has 1 rings (SSSR count). The summed E-state index contributed by atoms with van der Waals surface area (Å²) in [6, 6.07) is 6.38. The third-order valence-electron chi connectivity index (χ3n) is 3.15. The minimum Gasteiger partial charge on any atom is -0.496 e. The Morgan fingerprint density at radius 1 is 1.15 bits per heavy atom. The highest BCUT2D eigenvalue weighted by Gasteiger charge is 2.14. The van der Waals surface area contributed by atoms with Crippen molar-refractivity contribution in [3.63, 3.8) is 0 Å². The zero-order valence-corrected chi connectivity index (χ0v) is 13.2. The summed E-state index contributed by atoms with van der Waals surface area (Å²) in [6.07, 6.45) is -0.205. The average Bonchev–Trinajstić information content (AvgIpc) is 2.45. The van der Waals surface area contributed by atoms with Crippen LogP contribution in [0.4, 0.5) is 0 Å². The minimum absolute atomic E-state index is 0.174. The summed E-state index contributed by atoms with van der Waals surface area (Å²) in [5.41, 5.74) is 2.37. The predicted molar refractivity (Wildman–Crippen MR) is 81.2 cm³/mol. The molecule has 20 heavy (non-hydrogen) atoms. The zero-order chi connectivity index (χ0) is 15.0. The van der Waals surface area contributed by atoms with Crippen molar-refractivity contribution in [3.8, 4) is 5.75 Å². The third kappa shape index (κ3) is 5.12. The SMILES string of the molecule is CCOC(CNC(C)c1cc(C)ccc1OC)OCC. The van der Waals surface area contributed by atoms with Crippen molar-refractivity contribution >= 4 is 0 Å². The molecule has 0 saturated carbocycles. The van der Waals surface area contributed by atoms with Crippen molar-refractivity contribution in [1.82, 2.24) is 5.32 Å². The van der Waals surface area contributed by atoms with Gasteiger partial charge in [-0.2, -0.15) is 0 Å². The molecular weight excluding hydrogens is 254 g/mol. The number of nitrogens with one attached hydrogen (secondary N) is 1. The van der Waals surface area contributed by atoms with Gasteiger partial charge in [0.15, 0.2) is 6.29 Å². The molecule has 0 fully saturated rings. The molecule has 4 nitrogen and oxygen atoms in total. The highest BCUT2D eigenvalue weighted by molar-refractivity contribution is 5.38. The van der Waals surface area contributed by atoms with Gasteiger partial charge in [0.05, 0.1) is 7.11 Å². The lowest BCUT2D eigenvalue weighted by molar-refractivity contribution is -0.133. The number of aryl methyl sites for hydroxylation is 1. The highest BCUT2D eigenvalue weighted by atomic mass is 16.7. The first kappa shape index (κ1) is 17.0. The number of hydrogen-bond acceptors (Lipinski definition) is 4. The van der Waals surface area contributed by atoms with E-state index in [0.29, 0.717) is 19.8 Å². The summed E-state index contributed by atoms with van der Waals surface area (Å²) in [5.74, 6) is 0.903. The Morgan fingerprint density at radius 2 is 1.80 bits per heavy atom. The fraction of sp³-hybridized carbons (Fsp3) is 0.625. The molecule has 114 valence electrons. The van der Waals surface area contributed by atoms with Crippen molar-refractivity contribution in [2.24, 2.45) is 0 Å². The second kappa shape index (κ2) is 8.95. The summed E-state index contributed by atoms with van der Waals surface area (Å²) in [7, 11) is 1.70. The number of ether oxygens (including phenoxy) is 3. The standard InChI is InChI=1S/C16H27NO3/c1-6-19-16(20-7-2)11-17-13(4)14-10-12(3)8-9-15(14)18-5/h8-10,13,16-17H,6-7,11H2,1-5H3. The van der Waals surface area contributed by atoms with E-state index in [-0.39, 0.29) is 12.3 Å². The summed E-state index contributed by atoms with van der Waals surface area (Å²) >= 11 is 0. The normalized spacial score (nSPS) is 12.7. The lowest BCUT2D eigenvalue weighted by Crippen LogP contribution is -2.33. The maximum absolute atomic E-state index is 5.53. The Bertz CT molecular complexity index is 389. The quantitative estimate of drug-likeness (QED) is 0.706. The molecule has 4 heteroatoms. The van der Waals surface area contributed by atoms with Crippen LogP contribution in [0.15, 0.2) is 18.2 Å². The maximum Gasteiger partial charge on any atom is 0.169 e. The van der Waals surface area contributed by atoms with E-state index >= 15 is 0 Å². The fourth-order valence-electron chi connectivity index (χ4n) is 2.11. The van der Waals surface area contributed by atoms with E-state index in [1.54, 1.807) is 7.11 Å². The van der Waals surface area contributed by atoms with Crippen LogP contribution in [0.3, 0.4) is 0 Å². The molecule has 0 radical (unpaired) electrons. The Kier molecular flexibility index (Phi) is 7.59. The molecule has 0 aliphatic rings. The van der Waals surface area contributed by atoms with Crippen molar-refractivity contribution in [2.75, 3.05) is 26.9 Å². The lowest BCUT2D eigenvalue weighted by atomic mass is 10.0. The maximum atomic E-state index is 5.53. The van der Waals surface area contributed by atoms with E-state index in [1.165, 1.54) is 5.56 Å². The van der Waals surface area contributed by atoms with Crippen LogP contribution < -0.4 is 10.1 Å². The smallest absolute Gasteiger partial charge is 0.169 e. The Hall–Kier alpha value is -1.10. The second-order valence-corrected chi connectivity index (χ2v) is 4.72. The van der Waals surface area contributed by atoms with Crippen LogP contribution >= 0.6 is 0 Å². The first-order valence-electron chi connectivity index (χ1n) is 7.23. The van der Waals surface area contributed by atoms with Crippen molar-refractivity contribution in [3.05, 3.63) is 29.3 Å². The predicted octanol–water partition coefficient (Wildman–Crippen LogP) is 3.05. The molecule has 0 spiro atoms. The number of hydrogen-bond donors (Lipinski definition) is 1. The summed E-state index contributed by atoms with van der Waals surface area (Å²) in [5, 5.41) is 3.44. The van der Waals surface area contributed by atoms with E-state index in [0.717, 1.165) is 11.3 Å². The van der Waals surface area contributed by atoms with Gasteiger partial charge >= 0.3 is 0 Å². The van der Waals surface area contributed by atoms with Crippen LogP contribution in [-0.2, 0) is 9.47 Å². The average molecular weight is 281 g/mol. The Labute approximate surface area is 122 Å². The first-order chi connectivity index (χ1) is 9.62. The first-order valence-corrected chi connectivity index (χ1v) is 7.23. The van der Waals surface area contributed by atoms with E-state index in [4.69, 9.17) is 14.2 Å². The van der Waals surface area contributed by atoms with Gasteiger partial charge in [0.2, 0.25) is 0 Å². The molecule has 1 aromatic rings. The molecule has 0 aliphatic heterocycles. The van der Waals surface area contributed by atoms with E-state index in [9.17, 15) is 0 Å². The summed E-state index contributed by atoms with van der Waals surface area (Å²) < 4.78 is 16.5. The number of benzene rings is 1. The molecule has 0 heterocycles. The van der Waals surface area contributed by atoms with Crippen molar-refractivity contribution in [1.29, 1.82) is 0 Å². The van der Waals surface area contributed by atoms with E-state index in [2.05, 4.69) is 31.3 Å². The third-order valence-corrected chi connectivity index (χ3v) is 3.15. The largest absolute Gasteiger partial charge is 0.496 e. The van der Waals surface area contributed by atoms with Gasteiger partial charge in [-0.3, -0.25) is 0 Å². The second-order valence-electron chi connectivity index (χ2n) is 4.72. The zero-order valence-electron chi connectivity index (χ0n) is 13.2. The molecule has 0 aliphatic carbocycles. The molecular formula is C16H27NO3. The number of rotatable bonds is 9. The van der Waals surface area contributed by atoms with E-state index < -0.39 is 0 Å². The van der Waals surface area contributed by atoms with Gasteiger partial charge in [0.25, 0.3) is 0 Å². The van der Waals surface area contributed by atoms with Gasteiger partial charge in [-0.15, -0.1) is 0 Å². The molecule has 0 amide bonds.